The molecule has 1 amide bonds. The van der Waals surface area contributed by atoms with Crippen LogP contribution < -0.4 is 4.74 Å². The number of β-amino-alcohol motifs (C(OH)–C–C–N with tert-alkyl or cyclic N) is 1. The van der Waals surface area contributed by atoms with E-state index < -0.39 is 6.10 Å². The predicted molar refractivity (Wildman–Crippen MR) is 86.3 cm³/mol. The molecular weight excluding hydrogens is 311 g/mol. The van der Waals surface area contributed by atoms with Crippen molar-refractivity contribution in [2.45, 2.75) is 25.5 Å². The van der Waals surface area contributed by atoms with Crippen molar-refractivity contribution in [3.05, 3.63) is 59.0 Å². The minimum absolute atomic E-state index is 0.212. The van der Waals surface area contributed by atoms with E-state index in [1.54, 1.807) is 36.1 Å². The van der Waals surface area contributed by atoms with Gasteiger partial charge in [-0.2, -0.15) is 0 Å². The number of hydrogen-bond acceptors (Lipinski definition) is 4. The van der Waals surface area contributed by atoms with Gasteiger partial charge in [-0.15, -0.1) is 0 Å². The Morgan fingerprint density at radius 3 is 2.88 bits per heavy atom. The second kappa shape index (κ2) is 6.57. The fourth-order valence-corrected chi connectivity index (χ4v) is 3.10. The van der Waals surface area contributed by atoms with E-state index in [9.17, 15) is 14.3 Å². The van der Waals surface area contributed by atoms with Gasteiger partial charge in [0.2, 0.25) is 5.88 Å². The summed E-state index contributed by atoms with van der Waals surface area (Å²) in [5, 5.41) is 10.0. The zero-order valence-electron chi connectivity index (χ0n) is 13.6. The van der Waals surface area contributed by atoms with E-state index in [-0.39, 0.29) is 24.3 Å². The Kier molecular flexibility index (Phi) is 4.49. The minimum Gasteiger partial charge on any atom is -0.481 e. The SMILES string of the molecule is COc1cc(C(=O)N2C[C@@H](O)C[C@@H]2c2cccc(F)c2)cc(C)n1. The maximum atomic E-state index is 13.5. The molecule has 1 aromatic carbocycles. The van der Waals surface area contributed by atoms with E-state index in [2.05, 4.69) is 4.98 Å². The van der Waals surface area contributed by atoms with Crippen LogP contribution in [0.4, 0.5) is 4.39 Å². The van der Waals surface area contributed by atoms with Crippen LogP contribution in [0.2, 0.25) is 0 Å². The van der Waals surface area contributed by atoms with E-state index in [4.69, 9.17) is 4.74 Å². The van der Waals surface area contributed by atoms with Gasteiger partial charge in [-0.05, 0) is 37.1 Å². The average molecular weight is 330 g/mol. The van der Waals surface area contributed by atoms with Gasteiger partial charge in [0.25, 0.3) is 5.91 Å². The number of amides is 1. The van der Waals surface area contributed by atoms with Crippen LogP contribution in [-0.4, -0.2) is 40.7 Å². The maximum Gasteiger partial charge on any atom is 0.254 e. The molecular formula is C18H19FN2O3. The van der Waals surface area contributed by atoms with Gasteiger partial charge in [0.15, 0.2) is 0 Å². The second-order valence-corrected chi connectivity index (χ2v) is 5.96. The van der Waals surface area contributed by atoms with Gasteiger partial charge in [-0.25, -0.2) is 9.37 Å². The molecule has 0 bridgehead atoms. The van der Waals surface area contributed by atoms with Gasteiger partial charge in [0.05, 0.1) is 19.3 Å². The molecule has 3 rings (SSSR count). The molecule has 126 valence electrons. The van der Waals surface area contributed by atoms with Crippen LogP contribution in [0.3, 0.4) is 0 Å². The summed E-state index contributed by atoms with van der Waals surface area (Å²) in [7, 11) is 1.49. The number of nitrogens with zero attached hydrogens (tertiary/aromatic N) is 2. The van der Waals surface area contributed by atoms with Crippen molar-refractivity contribution >= 4 is 5.91 Å². The number of carbonyl (C=O) groups is 1. The summed E-state index contributed by atoms with van der Waals surface area (Å²) in [5.41, 5.74) is 1.78. The largest absolute Gasteiger partial charge is 0.481 e. The molecule has 2 heterocycles. The van der Waals surface area contributed by atoms with Crippen molar-refractivity contribution < 1.29 is 19.0 Å². The van der Waals surface area contributed by atoms with E-state index in [0.29, 0.717) is 29.1 Å². The number of ether oxygens (including phenoxy) is 1. The molecule has 6 heteroatoms. The summed E-state index contributed by atoms with van der Waals surface area (Å²) in [4.78, 5) is 18.7. The highest BCUT2D eigenvalue weighted by atomic mass is 19.1. The van der Waals surface area contributed by atoms with Crippen LogP contribution in [0.15, 0.2) is 36.4 Å². The minimum atomic E-state index is -0.632. The van der Waals surface area contributed by atoms with Crippen molar-refractivity contribution in [3.63, 3.8) is 0 Å². The van der Waals surface area contributed by atoms with E-state index >= 15 is 0 Å². The normalized spacial score (nSPS) is 20.2. The number of halogens is 1. The lowest BCUT2D eigenvalue weighted by Gasteiger charge is -2.25. The third-order valence-corrected chi connectivity index (χ3v) is 4.16. The Hall–Kier alpha value is -2.47. The number of pyridine rings is 1. The Morgan fingerprint density at radius 2 is 2.17 bits per heavy atom. The summed E-state index contributed by atoms with van der Waals surface area (Å²) >= 11 is 0. The molecule has 1 saturated heterocycles. The molecule has 1 aromatic heterocycles. The molecule has 1 aliphatic rings. The van der Waals surface area contributed by atoms with Crippen molar-refractivity contribution in [3.8, 4) is 5.88 Å². The number of likely N-dealkylation sites (tertiary alicyclic amines) is 1. The summed E-state index contributed by atoms with van der Waals surface area (Å²) in [6.07, 6.45) is -0.247. The lowest BCUT2D eigenvalue weighted by molar-refractivity contribution is 0.0715. The highest BCUT2D eigenvalue weighted by Crippen LogP contribution is 2.34. The molecule has 24 heavy (non-hydrogen) atoms. The second-order valence-electron chi connectivity index (χ2n) is 5.96. The smallest absolute Gasteiger partial charge is 0.254 e. The number of hydrogen-bond donors (Lipinski definition) is 1. The van der Waals surface area contributed by atoms with Crippen LogP contribution in [0.1, 0.15) is 34.1 Å². The Morgan fingerprint density at radius 1 is 1.38 bits per heavy atom. The summed E-state index contributed by atoms with van der Waals surface area (Å²) < 4.78 is 18.6. The highest BCUT2D eigenvalue weighted by molar-refractivity contribution is 5.95. The molecule has 0 unspecified atom stereocenters. The number of aliphatic hydroxyl groups excluding tert-OH is 1. The number of aryl methyl sites for hydroxylation is 1. The van der Waals surface area contributed by atoms with Crippen molar-refractivity contribution in [2.24, 2.45) is 0 Å². The zero-order chi connectivity index (χ0) is 17.3. The topological polar surface area (TPSA) is 62.7 Å². The molecule has 0 spiro atoms. The first-order valence-electron chi connectivity index (χ1n) is 7.75. The molecule has 1 aliphatic heterocycles. The molecule has 1 fully saturated rings. The number of benzene rings is 1. The lowest BCUT2D eigenvalue weighted by Crippen LogP contribution is -2.32. The fourth-order valence-electron chi connectivity index (χ4n) is 3.10. The van der Waals surface area contributed by atoms with Gasteiger partial charge in [0.1, 0.15) is 5.82 Å². The molecule has 0 radical (unpaired) electrons. The van der Waals surface area contributed by atoms with Crippen molar-refractivity contribution in [2.75, 3.05) is 13.7 Å². The first kappa shape index (κ1) is 16.4. The molecule has 1 N–H and O–H groups in total. The Bertz CT molecular complexity index is 766. The van der Waals surface area contributed by atoms with Gasteiger partial charge in [-0.3, -0.25) is 4.79 Å². The van der Waals surface area contributed by atoms with Crippen LogP contribution in [0.5, 0.6) is 5.88 Å². The zero-order valence-corrected chi connectivity index (χ0v) is 13.6. The number of carbonyl (C=O) groups excluding carboxylic acids is 1. The highest BCUT2D eigenvalue weighted by Gasteiger charge is 2.36. The first-order valence-corrected chi connectivity index (χ1v) is 7.75. The molecule has 2 aromatic rings. The number of aliphatic hydroxyl groups is 1. The number of methoxy groups -OCH3 is 1. The van der Waals surface area contributed by atoms with Crippen LogP contribution in [0.25, 0.3) is 0 Å². The molecule has 0 saturated carbocycles. The van der Waals surface area contributed by atoms with Gasteiger partial charge < -0.3 is 14.7 Å². The maximum absolute atomic E-state index is 13.5. The lowest BCUT2D eigenvalue weighted by atomic mass is 10.0. The van der Waals surface area contributed by atoms with E-state index in [1.165, 1.54) is 19.2 Å². The molecule has 2 atom stereocenters. The fraction of sp³-hybridized carbons (Fsp3) is 0.333. The van der Waals surface area contributed by atoms with Gasteiger partial charge in [-0.1, -0.05) is 12.1 Å². The quantitative estimate of drug-likeness (QED) is 0.939. The summed E-state index contributed by atoms with van der Waals surface area (Å²) in [5.74, 6) is -0.229. The average Bonchev–Trinajstić information content (AvgIpc) is 2.95. The van der Waals surface area contributed by atoms with Gasteiger partial charge in [0, 0.05) is 23.9 Å². The third-order valence-electron chi connectivity index (χ3n) is 4.16. The monoisotopic (exact) mass is 330 g/mol. The van der Waals surface area contributed by atoms with Gasteiger partial charge >= 0.3 is 0 Å². The third kappa shape index (κ3) is 3.23. The number of rotatable bonds is 3. The molecule has 5 nitrogen and oxygen atoms in total. The Balaban J connectivity index is 1.94. The van der Waals surface area contributed by atoms with Crippen molar-refractivity contribution in [1.82, 2.24) is 9.88 Å². The van der Waals surface area contributed by atoms with E-state index in [1.807, 2.05) is 0 Å². The summed E-state index contributed by atoms with van der Waals surface area (Å²) in [6, 6.07) is 9.03. The summed E-state index contributed by atoms with van der Waals surface area (Å²) in [6.45, 7) is 1.99. The predicted octanol–water partition coefficient (Wildman–Crippen LogP) is 2.49. The van der Waals surface area contributed by atoms with Crippen LogP contribution >= 0.6 is 0 Å². The van der Waals surface area contributed by atoms with Crippen molar-refractivity contribution in [1.29, 1.82) is 0 Å². The van der Waals surface area contributed by atoms with E-state index in [0.717, 1.165) is 0 Å². The Labute approximate surface area is 139 Å². The number of aromatic nitrogens is 1. The first-order chi connectivity index (χ1) is 11.5. The molecule has 0 aliphatic carbocycles. The standard InChI is InChI=1S/C18H19FN2O3/c1-11-6-13(8-17(20-11)24-2)18(23)21-10-15(22)9-16(21)12-4-3-5-14(19)7-12/h3-8,15-16,22H,9-10H2,1-2H3/t15-,16+/m0/s1. The van der Waals surface area contributed by atoms with Crippen LogP contribution in [-0.2, 0) is 0 Å². The van der Waals surface area contributed by atoms with Crippen LogP contribution in [0, 0.1) is 12.7 Å².